The van der Waals surface area contributed by atoms with Crippen LogP contribution < -0.4 is 0 Å². The Morgan fingerprint density at radius 3 is 2.31 bits per heavy atom. The fourth-order valence-electron chi connectivity index (χ4n) is 0.727. The molecule has 0 saturated carbocycles. The number of carbonyl (C=O) groups excluding carboxylic acids is 1. The van der Waals surface area contributed by atoms with Gasteiger partial charge in [0.05, 0.1) is 0 Å². The minimum Gasteiger partial charge on any atom is -0.308 e. The Balaban J connectivity index is 3.69. The van der Waals surface area contributed by atoms with Gasteiger partial charge < -0.3 is 9.80 Å². The van der Waals surface area contributed by atoms with Gasteiger partial charge in [-0.05, 0) is 20.9 Å². The highest BCUT2D eigenvalue weighted by molar-refractivity contribution is 5.66. The molecule has 5 nitrogen and oxygen atoms in total. The summed E-state index contributed by atoms with van der Waals surface area (Å²) in [6.45, 7) is 5.44. The summed E-state index contributed by atoms with van der Waals surface area (Å²) < 4.78 is 0. The van der Waals surface area contributed by atoms with Gasteiger partial charge in [0.1, 0.15) is 0 Å². The van der Waals surface area contributed by atoms with Crippen LogP contribution in [0, 0.1) is 0 Å². The smallest absolute Gasteiger partial charge is 0.308 e. The summed E-state index contributed by atoms with van der Waals surface area (Å²) in [7, 11) is 3.55. The lowest BCUT2D eigenvalue weighted by molar-refractivity contribution is -0.186. The molecule has 0 rings (SSSR count). The van der Waals surface area contributed by atoms with Gasteiger partial charge in [-0.3, -0.25) is 4.89 Å². The van der Waals surface area contributed by atoms with E-state index in [1.807, 2.05) is 7.05 Å². The zero-order valence-electron chi connectivity index (χ0n) is 8.65. The van der Waals surface area contributed by atoms with Gasteiger partial charge in [0, 0.05) is 26.2 Å². The zero-order valence-corrected chi connectivity index (χ0v) is 8.65. The number of carbonyl (C=O) groups is 1. The summed E-state index contributed by atoms with van der Waals surface area (Å²) in [5.41, 5.74) is 0. The first-order valence-electron chi connectivity index (χ1n) is 4.25. The van der Waals surface area contributed by atoms with Gasteiger partial charge in [0.15, 0.2) is 0 Å². The summed E-state index contributed by atoms with van der Waals surface area (Å²) in [6, 6.07) is 0.443. The van der Waals surface area contributed by atoms with E-state index in [1.54, 1.807) is 7.05 Å². The fraction of sp³-hybridized carbons (Fsp3) is 0.875. The number of amides is 1. The maximum atomic E-state index is 10.7. The third-order valence-corrected chi connectivity index (χ3v) is 2.06. The molecule has 0 aromatic rings. The van der Waals surface area contributed by atoms with Crippen LogP contribution in [0.15, 0.2) is 0 Å². The summed E-state index contributed by atoms with van der Waals surface area (Å²) in [5, 5.41) is 8.07. The first kappa shape index (κ1) is 12.2. The molecule has 1 amide bonds. The van der Waals surface area contributed by atoms with E-state index in [9.17, 15) is 4.79 Å². The van der Waals surface area contributed by atoms with Crippen molar-refractivity contribution in [1.82, 2.24) is 9.80 Å². The zero-order chi connectivity index (χ0) is 10.4. The molecule has 0 bridgehead atoms. The quantitative estimate of drug-likeness (QED) is 0.528. The van der Waals surface area contributed by atoms with Crippen LogP contribution in [-0.2, 0) is 4.89 Å². The minimum absolute atomic E-state index is 0.443. The normalized spacial score (nSPS) is 10.7. The molecule has 1 N–H and O–H groups in total. The minimum atomic E-state index is -0.725. The second-order valence-electron chi connectivity index (χ2n) is 3.35. The van der Waals surface area contributed by atoms with Gasteiger partial charge in [-0.1, -0.05) is 0 Å². The second kappa shape index (κ2) is 5.77. The van der Waals surface area contributed by atoms with Crippen molar-refractivity contribution in [3.63, 3.8) is 0 Å². The molecule has 13 heavy (non-hydrogen) atoms. The summed E-state index contributed by atoms with van der Waals surface area (Å²) in [4.78, 5) is 17.7. The Hall–Kier alpha value is -0.810. The van der Waals surface area contributed by atoms with Crippen LogP contribution in [-0.4, -0.2) is 54.4 Å². The van der Waals surface area contributed by atoms with E-state index in [0.29, 0.717) is 12.6 Å². The maximum absolute atomic E-state index is 10.7. The molecule has 0 spiro atoms. The van der Waals surface area contributed by atoms with E-state index in [4.69, 9.17) is 5.26 Å². The van der Waals surface area contributed by atoms with Gasteiger partial charge in [0.2, 0.25) is 0 Å². The molecule has 0 heterocycles. The van der Waals surface area contributed by atoms with Gasteiger partial charge in [-0.25, -0.2) is 4.79 Å². The van der Waals surface area contributed by atoms with Crippen molar-refractivity contribution in [2.24, 2.45) is 0 Å². The van der Waals surface area contributed by atoms with Crippen molar-refractivity contribution >= 4 is 6.09 Å². The van der Waals surface area contributed by atoms with Crippen LogP contribution in [0.4, 0.5) is 4.79 Å². The van der Waals surface area contributed by atoms with Gasteiger partial charge in [0.25, 0.3) is 0 Å². The van der Waals surface area contributed by atoms with Crippen LogP contribution in [0.25, 0.3) is 0 Å². The Morgan fingerprint density at radius 2 is 1.92 bits per heavy atom. The van der Waals surface area contributed by atoms with Gasteiger partial charge in [-0.2, -0.15) is 5.26 Å². The van der Waals surface area contributed by atoms with E-state index in [1.165, 1.54) is 4.90 Å². The molecule has 5 heteroatoms. The summed E-state index contributed by atoms with van der Waals surface area (Å²) in [5.74, 6) is 0. The van der Waals surface area contributed by atoms with Crippen LogP contribution in [0.1, 0.15) is 13.8 Å². The molecule has 0 aliphatic heterocycles. The Morgan fingerprint density at radius 1 is 1.38 bits per heavy atom. The Bertz CT molecular complexity index is 161. The molecule has 0 aliphatic carbocycles. The second-order valence-corrected chi connectivity index (χ2v) is 3.35. The number of likely N-dealkylation sites (N-methyl/N-ethyl adjacent to an activating group) is 2. The topological polar surface area (TPSA) is 53.0 Å². The third kappa shape index (κ3) is 4.69. The largest absolute Gasteiger partial charge is 0.440 e. The first-order valence-corrected chi connectivity index (χ1v) is 4.25. The molecule has 0 radical (unpaired) electrons. The van der Waals surface area contributed by atoms with Crippen molar-refractivity contribution in [2.45, 2.75) is 19.9 Å². The Kier molecular flexibility index (Phi) is 5.41. The molecule has 0 aromatic heterocycles. The number of hydrogen-bond acceptors (Lipinski definition) is 4. The SMILES string of the molecule is CC(C)N(C)CCN(C)C(=O)OO. The predicted octanol–water partition coefficient (Wildman–Crippen LogP) is 0.868. The molecule has 78 valence electrons. The number of nitrogens with zero attached hydrogens (tertiary/aromatic N) is 2. The number of rotatable bonds is 4. The molecule has 0 atom stereocenters. The predicted molar refractivity (Wildman–Crippen MR) is 49.5 cm³/mol. The molecular weight excluding hydrogens is 172 g/mol. The third-order valence-electron chi connectivity index (χ3n) is 2.06. The van der Waals surface area contributed by atoms with Gasteiger partial charge in [-0.15, -0.1) is 0 Å². The van der Waals surface area contributed by atoms with E-state index >= 15 is 0 Å². The number of hydrogen-bond donors (Lipinski definition) is 1. The highest BCUT2D eigenvalue weighted by Gasteiger charge is 2.10. The fourth-order valence-corrected chi connectivity index (χ4v) is 0.727. The van der Waals surface area contributed by atoms with Crippen molar-refractivity contribution < 1.29 is 14.9 Å². The van der Waals surface area contributed by atoms with Crippen molar-refractivity contribution in [2.75, 3.05) is 27.2 Å². The lowest BCUT2D eigenvalue weighted by atomic mass is 10.3. The maximum Gasteiger partial charge on any atom is 0.440 e. The monoisotopic (exact) mass is 190 g/mol. The van der Waals surface area contributed by atoms with Crippen LogP contribution >= 0.6 is 0 Å². The van der Waals surface area contributed by atoms with Crippen LogP contribution in [0.2, 0.25) is 0 Å². The van der Waals surface area contributed by atoms with Crippen LogP contribution in [0.5, 0.6) is 0 Å². The molecule has 0 unspecified atom stereocenters. The van der Waals surface area contributed by atoms with Crippen molar-refractivity contribution in [1.29, 1.82) is 0 Å². The lowest BCUT2D eigenvalue weighted by Gasteiger charge is -2.23. The molecular formula is C8H18N2O3. The standard InChI is InChI=1S/C8H18N2O3/c1-7(2)9(3)5-6-10(4)8(11)13-12/h7,12H,5-6H2,1-4H3. The average molecular weight is 190 g/mol. The van der Waals surface area contributed by atoms with E-state index in [2.05, 4.69) is 23.6 Å². The van der Waals surface area contributed by atoms with Crippen molar-refractivity contribution in [3.05, 3.63) is 0 Å². The summed E-state index contributed by atoms with van der Waals surface area (Å²) >= 11 is 0. The van der Waals surface area contributed by atoms with E-state index < -0.39 is 6.09 Å². The van der Waals surface area contributed by atoms with E-state index in [0.717, 1.165) is 6.54 Å². The molecule has 0 aliphatic rings. The lowest BCUT2D eigenvalue weighted by Crippen LogP contribution is -2.37. The highest BCUT2D eigenvalue weighted by Crippen LogP contribution is 1.94. The van der Waals surface area contributed by atoms with Crippen LogP contribution in [0.3, 0.4) is 0 Å². The van der Waals surface area contributed by atoms with Gasteiger partial charge >= 0.3 is 6.09 Å². The molecule has 0 fully saturated rings. The molecule has 0 saturated heterocycles. The summed E-state index contributed by atoms with van der Waals surface area (Å²) in [6.07, 6.45) is -0.725. The molecule has 0 aromatic carbocycles. The van der Waals surface area contributed by atoms with E-state index in [-0.39, 0.29) is 0 Å². The first-order chi connectivity index (χ1) is 5.99. The Labute approximate surface area is 78.8 Å². The average Bonchev–Trinajstić information content (AvgIpc) is 2.11. The highest BCUT2D eigenvalue weighted by atomic mass is 17.1. The van der Waals surface area contributed by atoms with Crippen molar-refractivity contribution in [3.8, 4) is 0 Å².